The molecule has 0 aliphatic carbocycles. The first-order chi connectivity index (χ1) is 9.49. The molecule has 1 aliphatic heterocycles. The molecule has 0 unspecified atom stereocenters. The number of nitrogens with one attached hydrogen (secondary N) is 1. The van der Waals surface area contributed by atoms with E-state index < -0.39 is 17.5 Å². The molecule has 2 rings (SSSR count). The van der Waals surface area contributed by atoms with Crippen LogP contribution in [0.4, 0.5) is 13.2 Å². The van der Waals surface area contributed by atoms with Gasteiger partial charge in [0.25, 0.3) is 0 Å². The van der Waals surface area contributed by atoms with Crippen molar-refractivity contribution < 1.29 is 13.2 Å². The molecule has 0 bridgehead atoms. The van der Waals surface area contributed by atoms with Gasteiger partial charge in [-0.25, -0.2) is 13.2 Å². The highest BCUT2D eigenvalue weighted by molar-refractivity contribution is 5.85. The van der Waals surface area contributed by atoms with Crippen LogP contribution in [0, 0.1) is 23.4 Å². The van der Waals surface area contributed by atoms with Crippen LogP contribution >= 0.6 is 12.4 Å². The van der Waals surface area contributed by atoms with Crippen LogP contribution in [0.25, 0.3) is 0 Å². The molecule has 2 nitrogen and oxygen atoms in total. The summed E-state index contributed by atoms with van der Waals surface area (Å²) in [6.07, 6.45) is 0.796. The van der Waals surface area contributed by atoms with Crippen molar-refractivity contribution in [1.82, 2.24) is 10.2 Å². The Hall–Kier alpha value is -0.780. The predicted molar refractivity (Wildman–Crippen MR) is 80.2 cm³/mol. The Morgan fingerprint density at radius 2 is 1.62 bits per heavy atom. The molecule has 1 heterocycles. The second kappa shape index (κ2) is 8.01. The Morgan fingerprint density at radius 1 is 1.10 bits per heavy atom. The zero-order chi connectivity index (χ0) is 14.7. The summed E-state index contributed by atoms with van der Waals surface area (Å²) in [5, 5.41) is 3.26. The van der Waals surface area contributed by atoms with Gasteiger partial charge >= 0.3 is 0 Å². The zero-order valence-corrected chi connectivity index (χ0v) is 13.2. The molecular formula is C15H22ClF3N2. The topological polar surface area (TPSA) is 15.3 Å². The highest BCUT2D eigenvalue weighted by atomic mass is 35.5. The lowest BCUT2D eigenvalue weighted by Gasteiger charge is -2.36. The quantitative estimate of drug-likeness (QED) is 0.853. The smallest absolute Gasteiger partial charge is 0.194 e. The van der Waals surface area contributed by atoms with E-state index in [1.807, 2.05) is 0 Å². The van der Waals surface area contributed by atoms with Crippen molar-refractivity contribution in [3.8, 4) is 0 Å². The average molecular weight is 323 g/mol. The number of halogens is 4. The van der Waals surface area contributed by atoms with Crippen LogP contribution in [-0.4, -0.2) is 31.1 Å². The lowest BCUT2D eigenvalue weighted by molar-refractivity contribution is 0.153. The van der Waals surface area contributed by atoms with Crippen molar-refractivity contribution in [2.24, 2.45) is 5.92 Å². The van der Waals surface area contributed by atoms with Crippen molar-refractivity contribution >= 4 is 12.4 Å². The third-order valence-electron chi connectivity index (χ3n) is 3.68. The van der Waals surface area contributed by atoms with E-state index in [1.165, 1.54) is 0 Å². The van der Waals surface area contributed by atoms with Crippen LogP contribution in [0.15, 0.2) is 12.1 Å². The van der Waals surface area contributed by atoms with Crippen LogP contribution < -0.4 is 5.32 Å². The lowest BCUT2D eigenvalue weighted by Crippen LogP contribution is -2.45. The molecule has 120 valence electrons. The third kappa shape index (κ3) is 4.59. The number of piperazine rings is 1. The van der Waals surface area contributed by atoms with E-state index in [2.05, 4.69) is 24.1 Å². The van der Waals surface area contributed by atoms with E-state index in [0.717, 1.165) is 44.7 Å². The SMILES string of the molecule is CC(C)C[C@@H](c1cc(F)c(F)c(F)c1)N1CCNCC1.Cl. The van der Waals surface area contributed by atoms with Gasteiger partial charge in [0.05, 0.1) is 0 Å². The summed E-state index contributed by atoms with van der Waals surface area (Å²) >= 11 is 0. The van der Waals surface area contributed by atoms with E-state index in [0.29, 0.717) is 11.5 Å². The molecule has 1 saturated heterocycles. The van der Waals surface area contributed by atoms with Gasteiger partial charge in [0.2, 0.25) is 0 Å². The highest BCUT2D eigenvalue weighted by Crippen LogP contribution is 2.30. The molecule has 0 spiro atoms. The Labute approximate surface area is 130 Å². The van der Waals surface area contributed by atoms with Gasteiger partial charge in [0.1, 0.15) is 0 Å². The van der Waals surface area contributed by atoms with Crippen LogP contribution in [0.2, 0.25) is 0 Å². The monoisotopic (exact) mass is 322 g/mol. The summed E-state index contributed by atoms with van der Waals surface area (Å²) in [6, 6.07) is 2.20. The standard InChI is InChI=1S/C15H21F3N2.ClH/c1-10(2)7-14(20-5-3-19-4-6-20)11-8-12(16)15(18)13(17)9-11;/h8-10,14,19H,3-7H2,1-2H3;1H/t14-;/m0./s1. The fourth-order valence-electron chi connectivity index (χ4n) is 2.70. The zero-order valence-electron chi connectivity index (χ0n) is 12.3. The molecule has 1 aromatic rings. The summed E-state index contributed by atoms with van der Waals surface area (Å²) in [7, 11) is 0. The first kappa shape index (κ1) is 18.3. The first-order valence-electron chi connectivity index (χ1n) is 7.08. The van der Waals surface area contributed by atoms with Gasteiger partial charge in [-0.1, -0.05) is 13.8 Å². The molecule has 1 aliphatic rings. The molecule has 0 aromatic heterocycles. The molecule has 1 atom stereocenters. The van der Waals surface area contributed by atoms with Crippen molar-refractivity contribution in [3.05, 3.63) is 35.1 Å². The maximum absolute atomic E-state index is 13.5. The van der Waals surface area contributed by atoms with E-state index in [4.69, 9.17) is 0 Å². The summed E-state index contributed by atoms with van der Waals surface area (Å²) in [6.45, 7) is 7.54. The molecular weight excluding hydrogens is 301 g/mol. The lowest BCUT2D eigenvalue weighted by atomic mass is 9.94. The van der Waals surface area contributed by atoms with Gasteiger partial charge in [0, 0.05) is 32.2 Å². The minimum absolute atomic E-state index is 0. The van der Waals surface area contributed by atoms with Crippen molar-refractivity contribution in [2.75, 3.05) is 26.2 Å². The highest BCUT2D eigenvalue weighted by Gasteiger charge is 2.25. The fourth-order valence-corrected chi connectivity index (χ4v) is 2.70. The summed E-state index contributed by atoms with van der Waals surface area (Å²) in [4.78, 5) is 2.21. The largest absolute Gasteiger partial charge is 0.314 e. The fraction of sp³-hybridized carbons (Fsp3) is 0.600. The maximum atomic E-state index is 13.5. The van der Waals surface area contributed by atoms with E-state index in [9.17, 15) is 13.2 Å². The molecule has 1 fully saturated rings. The van der Waals surface area contributed by atoms with Crippen LogP contribution in [0.1, 0.15) is 31.9 Å². The molecule has 0 saturated carbocycles. The molecule has 6 heteroatoms. The van der Waals surface area contributed by atoms with Crippen molar-refractivity contribution in [1.29, 1.82) is 0 Å². The number of nitrogens with zero attached hydrogens (tertiary/aromatic N) is 1. The molecule has 0 radical (unpaired) electrons. The second-order valence-electron chi connectivity index (χ2n) is 5.73. The number of hydrogen-bond donors (Lipinski definition) is 1. The Balaban J connectivity index is 0.00000220. The van der Waals surface area contributed by atoms with Gasteiger partial charge in [-0.05, 0) is 30.0 Å². The predicted octanol–water partition coefficient (Wildman–Crippen LogP) is 3.52. The normalized spacial score (nSPS) is 17.6. The second-order valence-corrected chi connectivity index (χ2v) is 5.73. The first-order valence-corrected chi connectivity index (χ1v) is 7.08. The van der Waals surface area contributed by atoms with E-state index >= 15 is 0 Å². The Kier molecular flexibility index (Phi) is 6.97. The van der Waals surface area contributed by atoms with Crippen LogP contribution in [-0.2, 0) is 0 Å². The Bertz CT molecular complexity index is 439. The van der Waals surface area contributed by atoms with E-state index in [1.54, 1.807) is 0 Å². The summed E-state index contributed by atoms with van der Waals surface area (Å²) in [5.41, 5.74) is 0.525. The average Bonchev–Trinajstić information content (AvgIpc) is 2.42. The molecule has 21 heavy (non-hydrogen) atoms. The maximum Gasteiger partial charge on any atom is 0.194 e. The summed E-state index contributed by atoms with van der Waals surface area (Å²) < 4.78 is 40.0. The van der Waals surface area contributed by atoms with Gasteiger partial charge in [-0.2, -0.15) is 0 Å². The van der Waals surface area contributed by atoms with Gasteiger partial charge in [-0.3, -0.25) is 4.90 Å². The number of benzene rings is 1. The van der Waals surface area contributed by atoms with Crippen molar-refractivity contribution in [3.63, 3.8) is 0 Å². The van der Waals surface area contributed by atoms with Gasteiger partial charge in [-0.15, -0.1) is 12.4 Å². The molecule has 0 amide bonds. The third-order valence-corrected chi connectivity index (χ3v) is 3.68. The van der Waals surface area contributed by atoms with Gasteiger partial charge < -0.3 is 5.32 Å². The van der Waals surface area contributed by atoms with Crippen LogP contribution in [0.3, 0.4) is 0 Å². The minimum Gasteiger partial charge on any atom is -0.314 e. The summed E-state index contributed by atoms with van der Waals surface area (Å²) in [5.74, 6) is -3.21. The van der Waals surface area contributed by atoms with Crippen molar-refractivity contribution in [2.45, 2.75) is 26.3 Å². The van der Waals surface area contributed by atoms with Gasteiger partial charge in [0.15, 0.2) is 17.5 Å². The Morgan fingerprint density at radius 3 is 2.10 bits per heavy atom. The number of hydrogen-bond acceptors (Lipinski definition) is 2. The number of rotatable bonds is 4. The van der Waals surface area contributed by atoms with E-state index in [-0.39, 0.29) is 18.4 Å². The molecule has 1 aromatic carbocycles. The van der Waals surface area contributed by atoms with Crippen LogP contribution in [0.5, 0.6) is 0 Å². The molecule has 1 N–H and O–H groups in total. The minimum atomic E-state index is -1.39.